The molecule has 0 atom stereocenters. The molecule has 1 aliphatic rings. The molecule has 0 unspecified atom stereocenters. The van der Waals surface area contributed by atoms with Gasteiger partial charge in [-0.3, -0.25) is 0 Å². The van der Waals surface area contributed by atoms with E-state index in [0.29, 0.717) is 0 Å². The van der Waals surface area contributed by atoms with Crippen LogP contribution in [0.25, 0.3) is 11.1 Å². The maximum atomic E-state index is 5.90. The molecule has 0 bridgehead atoms. The van der Waals surface area contributed by atoms with Gasteiger partial charge in [-0.15, -0.1) is 0 Å². The Morgan fingerprint density at radius 1 is 0.882 bits per heavy atom. The molecular weight excluding hydrogens is 230 g/mol. The Bertz CT molecular complexity index is 531. The van der Waals surface area contributed by atoms with Gasteiger partial charge < -0.3 is 5.32 Å². The van der Waals surface area contributed by atoms with E-state index in [-0.39, 0.29) is 0 Å². The van der Waals surface area contributed by atoms with Crippen LogP contribution in [0.15, 0.2) is 42.5 Å². The number of rotatable bonds is 1. The smallest absolute Gasteiger partial charge is 0.0406 e. The van der Waals surface area contributed by atoms with Crippen LogP contribution in [0, 0.1) is 0 Å². The Balaban J connectivity index is 2.01. The van der Waals surface area contributed by atoms with Crippen molar-refractivity contribution < 1.29 is 0 Å². The summed E-state index contributed by atoms with van der Waals surface area (Å²) >= 11 is 5.90. The molecule has 0 spiro atoms. The van der Waals surface area contributed by atoms with E-state index < -0.39 is 0 Å². The first-order valence-electron chi connectivity index (χ1n) is 5.91. The fourth-order valence-electron chi connectivity index (χ4n) is 2.30. The van der Waals surface area contributed by atoms with Crippen molar-refractivity contribution in [2.24, 2.45) is 0 Å². The number of nitrogens with one attached hydrogen (secondary N) is 1. The summed E-state index contributed by atoms with van der Waals surface area (Å²) in [6, 6.07) is 14.8. The molecular formula is C15H14ClN. The van der Waals surface area contributed by atoms with Gasteiger partial charge in [0, 0.05) is 11.6 Å². The summed E-state index contributed by atoms with van der Waals surface area (Å²) in [7, 11) is 0. The second-order valence-corrected chi connectivity index (χ2v) is 4.85. The van der Waals surface area contributed by atoms with E-state index in [1.807, 2.05) is 12.1 Å². The van der Waals surface area contributed by atoms with Crippen molar-refractivity contribution in [1.29, 1.82) is 0 Å². The Labute approximate surface area is 106 Å². The van der Waals surface area contributed by atoms with Crippen LogP contribution < -0.4 is 5.32 Å². The third-order valence-corrected chi connectivity index (χ3v) is 3.52. The van der Waals surface area contributed by atoms with Gasteiger partial charge in [0.2, 0.25) is 0 Å². The highest BCUT2D eigenvalue weighted by atomic mass is 35.5. The second-order valence-electron chi connectivity index (χ2n) is 4.42. The van der Waals surface area contributed by atoms with Crippen LogP contribution in [0.2, 0.25) is 5.02 Å². The van der Waals surface area contributed by atoms with Crippen LogP contribution in [0.3, 0.4) is 0 Å². The SMILES string of the molecule is Clc1ccc(-c2ccc3c(c2)CNCC3)cc1. The zero-order valence-electron chi connectivity index (χ0n) is 9.54. The Morgan fingerprint density at radius 3 is 2.47 bits per heavy atom. The van der Waals surface area contributed by atoms with Gasteiger partial charge >= 0.3 is 0 Å². The topological polar surface area (TPSA) is 12.0 Å². The molecule has 3 rings (SSSR count). The largest absolute Gasteiger partial charge is 0.312 e. The highest BCUT2D eigenvalue weighted by Gasteiger charge is 2.09. The summed E-state index contributed by atoms with van der Waals surface area (Å²) < 4.78 is 0. The van der Waals surface area contributed by atoms with Gasteiger partial charge in [-0.05, 0) is 53.4 Å². The van der Waals surface area contributed by atoms with Gasteiger partial charge in [0.15, 0.2) is 0 Å². The molecule has 2 aromatic carbocycles. The molecule has 0 aliphatic carbocycles. The molecule has 2 aromatic rings. The van der Waals surface area contributed by atoms with Crippen molar-refractivity contribution in [2.45, 2.75) is 13.0 Å². The quantitative estimate of drug-likeness (QED) is 0.806. The summed E-state index contributed by atoms with van der Waals surface area (Å²) in [6.45, 7) is 2.07. The Morgan fingerprint density at radius 2 is 1.65 bits per heavy atom. The third-order valence-electron chi connectivity index (χ3n) is 3.27. The molecule has 2 heteroatoms. The molecule has 17 heavy (non-hydrogen) atoms. The van der Waals surface area contributed by atoms with Gasteiger partial charge in [-0.25, -0.2) is 0 Å². The van der Waals surface area contributed by atoms with Gasteiger partial charge in [0.25, 0.3) is 0 Å². The van der Waals surface area contributed by atoms with Crippen LogP contribution in [-0.4, -0.2) is 6.54 Å². The fourth-order valence-corrected chi connectivity index (χ4v) is 2.43. The van der Waals surface area contributed by atoms with Gasteiger partial charge in [0.05, 0.1) is 0 Å². The Hall–Kier alpha value is -1.31. The normalized spacial score (nSPS) is 14.4. The molecule has 0 amide bonds. The first-order valence-corrected chi connectivity index (χ1v) is 6.29. The number of hydrogen-bond acceptors (Lipinski definition) is 1. The van der Waals surface area contributed by atoms with Crippen LogP contribution in [-0.2, 0) is 13.0 Å². The lowest BCUT2D eigenvalue weighted by Crippen LogP contribution is -2.23. The molecule has 86 valence electrons. The monoisotopic (exact) mass is 243 g/mol. The van der Waals surface area contributed by atoms with E-state index in [4.69, 9.17) is 11.6 Å². The molecule has 0 fully saturated rings. The molecule has 1 heterocycles. The zero-order chi connectivity index (χ0) is 11.7. The van der Waals surface area contributed by atoms with Crippen molar-refractivity contribution in [2.75, 3.05) is 6.54 Å². The van der Waals surface area contributed by atoms with E-state index >= 15 is 0 Å². The zero-order valence-corrected chi connectivity index (χ0v) is 10.3. The molecule has 1 N–H and O–H groups in total. The van der Waals surface area contributed by atoms with Crippen molar-refractivity contribution in [3.63, 3.8) is 0 Å². The van der Waals surface area contributed by atoms with E-state index in [2.05, 4.69) is 35.6 Å². The van der Waals surface area contributed by atoms with Gasteiger partial charge in [0.1, 0.15) is 0 Å². The van der Waals surface area contributed by atoms with Crippen LogP contribution in [0.1, 0.15) is 11.1 Å². The molecule has 0 saturated heterocycles. The van der Waals surface area contributed by atoms with Crippen LogP contribution in [0.4, 0.5) is 0 Å². The van der Waals surface area contributed by atoms with Gasteiger partial charge in [-0.1, -0.05) is 35.9 Å². The molecule has 1 aliphatic heterocycles. The number of benzene rings is 2. The first kappa shape index (κ1) is 10.8. The Kier molecular flexibility index (Phi) is 2.87. The average Bonchev–Trinajstić information content (AvgIpc) is 2.39. The van der Waals surface area contributed by atoms with Crippen LogP contribution >= 0.6 is 11.6 Å². The highest BCUT2D eigenvalue weighted by Crippen LogP contribution is 2.25. The predicted octanol–water partition coefficient (Wildman–Crippen LogP) is 3.65. The maximum absolute atomic E-state index is 5.90. The summed E-state index contributed by atoms with van der Waals surface area (Å²) in [5, 5.41) is 4.19. The molecule has 0 aromatic heterocycles. The number of halogens is 1. The van der Waals surface area contributed by atoms with E-state index in [9.17, 15) is 0 Å². The maximum Gasteiger partial charge on any atom is 0.0406 e. The average molecular weight is 244 g/mol. The predicted molar refractivity (Wildman–Crippen MR) is 72.3 cm³/mol. The number of hydrogen-bond donors (Lipinski definition) is 1. The van der Waals surface area contributed by atoms with Crippen molar-refractivity contribution in [3.8, 4) is 11.1 Å². The standard InChI is InChI=1S/C15H14ClN/c16-15-5-3-11(4-6-15)13-2-1-12-7-8-17-10-14(12)9-13/h1-6,9,17H,7-8,10H2. The van der Waals surface area contributed by atoms with E-state index in [0.717, 1.165) is 24.5 Å². The van der Waals surface area contributed by atoms with Crippen molar-refractivity contribution in [1.82, 2.24) is 5.32 Å². The summed E-state index contributed by atoms with van der Waals surface area (Å²) in [5.74, 6) is 0. The minimum atomic E-state index is 0.786. The van der Waals surface area contributed by atoms with Crippen molar-refractivity contribution in [3.05, 3.63) is 58.6 Å². The van der Waals surface area contributed by atoms with E-state index in [1.54, 1.807) is 0 Å². The van der Waals surface area contributed by atoms with Crippen LogP contribution in [0.5, 0.6) is 0 Å². The second kappa shape index (κ2) is 4.52. The highest BCUT2D eigenvalue weighted by molar-refractivity contribution is 6.30. The van der Waals surface area contributed by atoms with Crippen molar-refractivity contribution >= 4 is 11.6 Å². The lowest BCUT2D eigenvalue weighted by Gasteiger charge is -2.18. The summed E-state index contributed by atoms with van der Waals surface area (Å²) in [5.41, 5.74) is 5.39. The molecule has 1 nitrogen and oxygen atoms in total. The fraction of sp³-hybridized carbons (Fsp3) is 0.200. The third kappa shape index (κ3) is 2.21. The molecule has 0 radical (unpaired) electrons. The number of fused-ring (bicyclic) bond motifs is 1. The first-order chi connectivity index (χ1) is 8.33. The lowest BCUT2D eigenvalue weighted by atomic mass is 9.96. The minimum absolute atomic E-state index is 0.786. The summed E-state index contributed by atoms with van der Waals surface area (Å²) in [4.78, 5) is 0. The summed E-state index contributed by atoms with van der Waals surface area (Å²) in [6.07, 6.45) is 1.14. The van der Waals surface area contributed by atoms with E-state index in [1.165, 1.54) is 22.3 Å². The lowest BCUT2D eigenvalue weighted by molar-refractivity contribution is 0.644. The minimum Gasteiger partial charge on any atom is -0.312 e. The van der Waals surface area contributed by atoms with Gasteiger partial charge in [-0.2, -0.15) is 0 Å². The molecule has 0 saturated carbocycles.